The molecule has 0 fully saturated rings. The van der Waals surface area contributed by atoms with Gasteiger partial charge in [0.1, 0.15) is 6.04 Å². The van der Waals surface area contributed by atoms with Gasteiger partial charge in [-0.2, -0.15) is 0 Å². The lowest BCUT2D eigenvalue weighted by Gasteiger charge is -2.16. The second kappa shape index (κ2) is 7.58. The number of carboxylic acids is 2. The maximum Gasteiger partial charge on any atom is 0.326 e. The summed E-state index contributed by atoms with van der Waals surface area (Å²) in [5.74, 6) is -3.41. The molecule has 0 saturated carbocycles. The fourth-order valence-electron chi connectivity index (χ4n) is 1.12. The second-order valence-corrected chi connectivity index (χ2v) is 3.53. The Hall–Kier alpha value is -1.67. The van der Waals surface area contributed by atoms with Crippen LogP contribution in [0.5, 0.6) is 0 Å². The topological polar surface area (TPSA) is 156 Å². The Morgan fingerprint density at radius 1 is 1.35 bits per heavy atom. The first-order valence-electron chi connectivity index (χ1n) is 5.09. The molecule has 0 bridgehead atoms. The summed E-state index contributed by atoms with van der Waals surface area (Å²) in [5.41, 5.74) is 10.7. The third-order valence-electron chi connectivity index (χ3n) is 2.05. The zero-order valence-electron chi connectivity index (χ0n) is 9.26. The summed E-state index contributed by atoms with van der Waals surface area (Å²) in [7, 11) is 0. The summed E-state index contributed by atoms with van der Waals surface area (Å²) in [6.45, 7) is 0.373. The van der Waals surface area contributed by atoms with Gasteiger partial charge in [0.15, 0.2) is 0 Å². The van der Waals surface area contributed by atoms with Gasteiger partial charge in [0.25, 0.3) is 0 Å². The van der Waals surface area contributed by atoms with Crippen LogP contribution in [0.15, 0.2) is 0 Å². The predicted octanol–water partition coefficient (Wildman–Crippen LogP) is -1.90. The molecule has 0 aliphatic rings. The molecule has 17 heavy (non-hydrogen) atoms. The summed E-state index contributed by atoms with van der Waals surface area (Å²) in [6, 6.07) is -2.35. The highest BCUT2D eigenvalue weighted by molar-refractivity contribution is 5.88. The molecule has 0 radical (unpaired) electrons. The van der Waals surface area contributed by atoms with E-state index in [1.165, 1.54) is 0 Å². The van der Waals surface area contributed by atoms with Crippen LogP contribution >= 0.6 is 0 Å². The van der Waals surface area contributed by atoms with E-state index in [-0.39, 0.29) is 0 Å². The van der Waals surface area contributed by atoms with E-state index in [1.807, 2.05) is 0 Å². The Morgan fingerprint density at radius 2 is 1.94 bits per heavy atom. The minimum atomic E-state index is -1.47. The monoisotopic (exact) mass is 249 g/mol. The maximum atomic E-state index is 11.4. The van der Waals surface area contributed by atoms with Gasteiger partial charge in [-0.25, -0.2) is 4.79 Å². The first-order chi connectivity index (χ1) is 7.88. The molecule has 0 aliphatic carbocycles. The lowest BCUT2D eigenvalue weighted by atomic mass is 10.1. The highest BCUT2D eigenvalue weighted by atomic mass is 18.1. The molecule has 8 nitrogen and oxygen atoms in total. The van der Waals surface area contributed by atoms with E-state index in [0.717, 1.165) is 0 Å². The van der Waals surface area contributed by atoms with Crippen LogP contribution in [-0.4, -0.2) is 46.7 Å². The first-order valence-corrected chi connectivity index (χ1v) is 5.09. The SMILES string of the molecule is NCCC[C@H](N)C(=[18O])N[C@H](CC(=O)O)C(=O)O. The predicted molar refractivity (Wildman–Crippen MR) is 58.1 cm³/mol. The molecule has 1 amide bonds. The van der Waals surface area contributed by atoms with Gasteiger partial charge in [-0.1, -0.05) is 0 Å². The molecule has 0 aromatic heterocycles. The third-order valence-corrected chi connectivity index (χ3v) is 2.05. The number of nitrogens with one attached hydrogen (secondary N) is 1. The van der Waals surface area contributed by atoms with Crippen molar-refractivity contribution in [2.75, 3.05) is 6.54 Å². The van der Waals surface area contributed by atoms with Gasteiger partial charge >= 0.3 is 11.9 Å². The smallest absolute Gasteiger partial charge is 0.326 e. The van der Waals surface area contributed by atoms with Crippen molar-refractivity contribution in [2.45, 2.75) is 31.3 Å². The van der Waals surface area contributed by atoms with E-state index < -0.39 is 36.4 Å². The minimum Gasteiger partial charge on any atom is -0.481 e. The van der Waals surface area contributed by atoms with Crippen molar-refractivity contribution in [3.8, 4) is 0 Å². The standard InChI is InChI=1S/C9H17N3O5/c10-3-1-2-5(11)8(15)12-6(9(16)17)4-7(13)14/h5-6H,1-4,10-11H2,(H,12,15)(H,13,14)(H,16,17)/t5-,6+/m0/s1/i15+2. The molecule has 0 rings (SSSR count). The number of hydrogen-bond acceptors (Lipinski definition) is 5. The number of carbonyl (C=O) groups excluding carboxylic acids is 1. The zero-order chi connectivity index (χ0) is 13.4. The Labute approximate surface area is 98.0 Å². The van der Waals surface area contributed by atoms with E-state index in [4.69, 9.17) is 21.7 Å². The third kappa shape index (κ3) is 6.48. The fraction of sp³-hybridized carbons (Fsp3) is 0.667. The van der Waals surface area contributed by atoms with Crippen molar-refractivity contribution in [3.05, 3.63) is 0 Å². The van der Waals surface area contributed by atoms with Gasteiger partial charge in [-0.3, -0.25) is 9.59 Å². The molecule has 0 saturated heterocycles. The number of aliphatic carboxylic acids is 2. The van der Waals surface area contributed by atoms with Crippen molar-refractivity contribution in [2.24, 2.45) is 11.5 Å². The van der Waals surface area contributed by atoms with Crippen LogP contribution in [-0.2, 0) is 14.4 Å². The molecule has 0 spiro atoms. The normalized spacial score (nSPS) is 13.8. The Kier molecular flexibility index (Phi) is 6.83. The number of carboxylic acid groups (broad SMARTS) is 2. The molecule has 0 aliphatic heterocycles. The van der Waals surface area contributed by atoms with Crippen molar-refractivity contribution in [1.82, 2.24) is 5.32 Å². The van der Waals surface area contributed by atoms with E-state index in [0.29, 0.717) is 19.4 Å². The number of rotatable bonds is 8. The van der Waals surface area contributed by atoms with Crippen LogP contribution in [0.4, 0.5) is 0 Å². The van der Waals surface area contributed by atoms with Gasteiger partial charge in [-0.05, 0) is 19.4 Å². The average Bonchev–Trinajstić information content (AvgIpc) is 2.23. The van der Waals surface area contributed by atoms with Crippen LogP contribution < -0.4 is 16.8 Å². The summed E-state index contributed by atoms with van der Waals surface area (Å²) < 4.78 is 0. The fourth-order valence-corrected chi connectivity index (χ4v) is 1.12. The van der Waals surface area contributed by atoms with Gasteiger partial charge in [0, 0.05) is 0 Å². The van der Waals surface area contributed by atoms with Crippen molar-refractivity contribution >= 4 is 17.8 Å². The summed E-state index contributed by atoms with van der Waals surface area (Å²) in [4.78, 5) is 32.5. The number of amides is 1. The highest BCUT2D eigenvalue weighted by Crippen LogP contribution is 1.97. The Balaban J connectivity index is 4.29. The van der Waals surface area contributed by atoms with E-state index in [9.17, 15) is 14.4 Å². The van der Waals surface area contributed by atoms with Crippen LogP contribution in [0.2, 0.25) is 0 Å². The van der Waals surface area contributed by atoms with Gasteiger partial charge in [0.05, 0.1) is 12.5 Å². The molecular formula is C9H17N3O5. The van der Waals surface area contributed by atoms with Crippen LogP contribution in [0.3, 0.4) is 0 Å². The summed E-state index contributed by atoms with van der Waals surface area (Å²) >= 11 is 0. The minimum absolute atomic E-state index is 0.321. The lowest BCUT2D eigenvalue weighted by molar-refractivity contribution is -0.147. The molecule has 8 heteroatoms. The van der Waals surface area contributed by atoms with E-state index in [1.54, 1.807) is 0 Å². The average molecular weight is 249 g/mol. The lowest BCUT2D eigenvalue weighted by Crippen LogP contribution is -2.49. The Bertz CT molecular complexity index is 294. The molecule has 2 atom stereocenters. The molecule has 0 unspecified atom stereocenters. The molecule has 0 aromatic carbocycles. The summed E-state index contributed by atoms with van der Waals surface area (Å²) in [6.07, 6.45) is 0.164. The number of hydrogen-bond donors (Lipinski definition) is 5. The highest BCUT2D eigenvalue weighted by Gasteiger charge is 2.25. The largest absolute Gasteiger partial charge is 0.481 e. The van der Waals surface area contributed by atoms with Crippen LogP contribution in [0.25, 0.3) is 0 Å². The second-order valence-electron chi connectivity index (χ2n) is 3.53. The van der Waals surface area contributed by atoms with Gasteiger partial charge in [-0.15, -0.1) is 0 Å². The number of nitrogens with two attached hydrogens (primary N) is 2. The quantitative estimate of drug-likeness (QED) is 0.314. The maximum absolute atomic E-state index is 11.4. The van der Waals surface area contributed by atoms with E-state index in [2.05, 4.69) is 5.32 Å². The van der Waals surface area contributed by atoms with Crippen molar-refractivity contribution in [3.63, 3.8) is 0 Å². The van der Waals surface area contributed by atoms with Gasteiger partial charge in [0.2, 0.25) is 5.91 Å². The Morgan fingerprint density at radius 3 is 2.35 bits per heavy atom. The van der Waals surface area contributed by atoms with Gasteiger partial charge < -0.3 is 27.0 Å². The molecule has 7 N–H and O–H groups in total. The zero-order valence-corrected chi connectivity index (χ0v) is 9.26. The molecular weight excluding hydrogens is 232 g/mol. The summed E-state index contributed by atoms with van der Waals surface area (Å²) in [5, 5.41) is 19.2. The van der Waals surface area contributed by atoms with Crippen molar-refractivity contribution in [1.29, 1.82) is 0 Å². The molecule has 98 valence electrons. The molecule has 0 heterocycles. The van der Waals surface area contributed by atoms with E-state index >= 15 is 0 Å². The van der Waals surface area contributed by atoms with Crippen molar-refractivity contribution < 1.29 is 24.6 Å². The van der Waals surface area contributed by atoms with Crippen LogP contribution in [0.1, 0.15) is 19.3 Å². The first kappa shape index (κ1) is 15.3. The van der Waals surface area contributed by atoms with Crippen LogP contribution in [0, 0.1) is 0 Å². The molecule has 0 aromatic rings. The number of carbonyl (C=O) groups is 3.